The van der Waals surface area contributed by atoms with Crippen molar-refractivity contribution >= 4 is 23.2 Å². The number of rotatable bonds is 9. The van der Waals surface area contributed by atoms with Crippen LogP contribution in [0.5, 0.6) is 0 Å². The molecule has 138 valence electrons. The van der Waals surface area contributed by atoms with Crippen molar-refractivity contribution in [3.63, 3.8) is 0 Å². The van der Waals surface area contributed by atoms with Crippen LogP contribution in [-0.2, 0) is 9.59 Å². The first kappa shape index (κ1) is 19.7. The van der Waals surface area contributed by atoms with Crippen molar-refractivity contribution in [1.29, 1.82) is 0 Å². The van der Waals surface area contributed by atoms with Crippen molar-refractivity contribution in [2.45, 2.75) is 50.9 Å². The van der Waals surface area contributed by atoms with Gasteiger partial charge in [0, 0.05) is 24.6 Å². The summed E-state index contributed by atoms with van der Waals surface area (Å²) in [7, 11) is 0. The summed E-state index contributed by atoms with van der Waals surface area (Å²) in [6.45, 7) is 1.06. The highest BCUT2D eigenvalue weighted by atomic mass is 32.1. The Hall–Kier alpha value is -1.66. The summed E-state index contributed by atoms with van der Waals surface area (Å²) in [6.07, 6.45) is 9.17. The van der Waals surface area contributed by atoms with Gasteiger partial charge in [-0.05, 0) is 62.3 Å². The van der Waals surface area contributed by atoms with Gasteiger partial charge < -0.3 is 15.7 Å². The minimum Gasteiger partial charge on any atom is -0.396 e. The number of carbonyl (C=O) groups is 2. The van der Waals surface area contributed by atoms with Crippen LogP contribution in [0.2, 0.25) is 0 Å². The van der Waals surface area contributed by atoms with Crippen LogP contribution in [0.3, 0.4) is 0 Å². The molecule has 25 heavy (non-hydrogen) atoms. The van der Waals surface area contributed by atoms with Crippen molar-refractivity contribution in [1.82, 2.24) is 10.6 Å². The molecular formula is C19H28N2O3S. The highest BCUT2D eigenvalue weighted by Gasteiger charge is 2.16. The van der Waals surface area contributed by atoms with Gasteiger partial charge in [-0.1, -0.05) is 17.7 Å². The van der Waals surface area contributed by atoms with Crippen molar-refractivity contribution < 1.29 is 14.7 Å². The Kier molecular flexibility index (Phi) is 8.69. The number of nitrogens with one attached hydrogen (secondary N) is 2. The number of aliphatic hydroxyl groups excluding tert-OH is 1. The molecule has 1 aromatic rings. The molecular weight excluding hydrogens is 336 g/mol. The molecule has 1 aromatic heterocycles. The Balaban J connectivity index is 1.64. The average molecular weight is 365 g/mol. The van der Waals surface area contributed by atoms with E-state index in [1.54, 1.807) is 11.3 Å². The average Bonchev–Trinajstić information content (AvgIpc) is 3.16. The van der Waals surface area contributed by atoms with E-state index >= 15 is 0 Å². The van der Waals surface area contributed by atoms with Crippen LogP contribution < -0.4 is 10.6 Å². The van der Waals surface area contributed by atoms with Crippen molar-refractivity contribution in [2.75, 3.05) is 19.7 Å². The second-order valence-corrected chi connectivity index (χ2v) is 7.36. The van der Waals surface area contributed by atoms with E-state index in [1.807, 2.05) is 17.5 Å². The molecule has 6 heteroatoms. The molecule has 5 nitrogen and oxygen atoms in total. The van der Waals surface area contributed by atoms with E-state index < -0.39 is 11.8 Å². The number of allylic oxidation sites excluding steroid dienone is 1. The number of carbonyl (C=O) groups excluding carboxylic acids is 2. The van der Waals surface area contributed by atoms with Gasteiger partial charge in [-0.3, -0.25) is 9.59 Å². The lowest BCUT2D eigenvalue weighted by Gasteiger charge is -2.15. The van der Waals surface area contributed by atoms with E-state index in [4.69, 9.17) is 0 Å². The SMILES string of the molecule is O=C(NCCC1=CCCCC1)C(=O)NCC[C@@H](CCO)c1cccs1. The minimum absolute atomic E-state index is 0.118. The number of thiophene rings is 1. The Bertz CT molecular complexity index is 569. The van der Waals surface area contributed by atoms with Crippen molar-refractivity contribution in [3.8, 4) is 0 Å². The number of amides is 2. The molecule has 2 rings (SSSR count). The molecule has 0 aromatic carbocycles. The fraction of sp³-hybridized carbons (Fsp3) is 0.579. The molecule has 0 radical (unpaired) electrons. The lowest BCUT2D eigenvalue weighted by molar-refractivity contribution is -0.139. The van der Waals surface area contributed by atoms with Gasteiger partial charge in [0.05, 0.1) is 0 Å². The zero-order valence-electron chi connectivity index (χ0n) is 14.6. The molecule has 0 spiro atoms. The molecule has 0 bridgehead atoms. The molecule has 2 amide bonds. The Labute approximate surface area is 153 Å². The summed E-state index contributed by atoms with van der Waals surface area (Å²) in [5.74, 6) is -0.926. The summed E-state index contributed by atoms with van der Waals surface area (Å²) in [5.41, 5.74) is 1.38. The molecule has 0 aliphatic heterocycles. The van der Waals surface area contributed by atoms with E-state index in [1.165, 1.54) is 23.3 Å². The van der Waals surface area contributed by atoms with E-state index in [0.717, 1.165) is 19.3 Å². The predicted molar refractivity (Wildman–Crippen MR) is 101 cm³/mol. The lowest BCUT2D eigenvalue weighted by Crippen LogP contribution is -2.40. The molecule has 1 aliphatic rings. The summed E-state index contributed by atoms with van der Waals surface area (Å²) in [5, 5.41) is 16.6. The van der Waals surface area contributed by atoms with E-state index in [0.29, 0.717) is 25.9 Å². The molecule has 0 fully saturated rings. The molecule has 1 atom stereocenters. The number of aliphatic hydroxyl groups is 1. The van der Waals surface area contributed by atoms with Crippen molar-refractivity contribution in [2.24, 2.45) is 0 Å². The molecule has 3 N–H and O–H groups in total. The zero-order valence-corrected chi connectivity index (χ0v) is 15.4. The Morgan fingerprint density at radius 2 is 1.96 bits per heavy atom. The van der Waals surface area contributed by atoms with Gasteiger partial charge >= 0.3 is 11.8 Å². The number of hydrogen-bond acceptors (Lipinski definition) is 4. The third kappa shape index (κ3) is 7.00. The highest BCUT2D eigenvalue weighted by molar-refractivity contribution is 7.10. The van der Waals surface area contributed by atoms with Gasteiger partial charge in [0.1, 0.15) is 0 Å². The Morgan fingerprint density at radius 1 is 1.16 bits per heavy atom. The smallest absolute Gasteiger partial charge is 0.309 e. The van der Waals surface area contributed by atoms with Crippen LogP contribution >= 0.6 is 11.3 Å². The summed E-state index contributed by atoms with van der Waals surface area (Å²) in [6, 6.07) is 4.03. The first-order valence-electron chi connectivity index (χ1n) is 9.09. The van der Waals surface area contributed by atoms with Gasteiger partial charge in [-0.15, -0.1) is 11.3 Å². The quantitative estimate of drug-likeness (QED) is 0.466. The Morgan fingerprint density at radius 3 is 2.60 bits per heavy atom. The molecule has 0 saturated heterocycles. The van der Waals surface area contributed by atoms with Gasteiger partial charge in [-0.25, -0.2) is 0 Å². The topological polar surface area (TPSA) is 78.4 Å². The van der Waals surface area contributed by atoms with Crippen LogP contribution in [0, 0.1) is 0 Å². The summed E-state index contributed by atoms with van der Waals surface area (Å²) >= 11 is 1.65. The van der Waals surface area contributed by atoms with Crippen LogP contribution in [0.4, 0.5) is 0 Å². The van der Waals surface area contributed by atoms with Crippen LogP contribution in [0.1, 0.15) is 55.7 Å². The summed E-state index contributed by atoms with van der Waals surface area (Å²) < 4.78 is 0. The maximum absolute atomic E-state index is 11.9. The van der Waals surface area contributed by atoms with Crippen LogP contribution in [0.25, 0.3) is 0 Å². The standard InChI is InChI=1S/C19H28N2O3S/c22-13-10-16(17-7-4-14-25-17)9-12-21-19(24)18(23)20-11-8-15-5-2-1-3-6-15/h4-5,7,14,16,22H,1-3,6,8-13H2,(H,20,23)(H,21,24)/t16-/m0/s1. The van der Waals surface area contributed by atoms with Crippen LogP contribution in [0.15, 0.2) is 29.2 Å². The fourth-order valence-electron chi connectivity index (χ4n) is 3.10. The maximum Gasteiger partial charge on any atom is 0.309 e. The fourth-order valence-corrected chi connectivity index (χ4v) is 4.00. The van der Waals surface area contributed by atoms with E-state index in [2.05, 4.69) is 16.7 Å². The second-order valence-electron chi connectivity index (χ2n) is 6.38. The van der Waals surface area contributed by atoms with Gasteiger partial charge in [0.15, 0.2) is 0 Å². The molecule has 1 heterocycles. The first-order chi connectivity index (χ1) is 12.2. The van der Waals surface area contributed by atoms with E-state index in [9.17, 15) is 14.7 Å². The lowest BCUT2D eigenvalue weighted by atomic mass is 9.97. The third-order valence-corrected chi connectivity index (χ3v) is 5.56. The predicted octanol–water partition coefficient (Wildman–Crippen LogP) is 2.73. The van der Waals surface area contributed by atoms with Crippen molar-refractivity contribution in [3.05, 3.63) is 34.0 Å². The van der Waals surface area contributed by atoms with Gasteiger partial charge in [-0.2, -0.15) is 0 Å². The summed E-state index contributed by atoms with van der Waals surface area (Å²) in [4.78, 5) is 24.9. The normalized spacial score (nSPS) is 15.3. The molecule has 0 saturated carbocycles. The first-order valence-corrected chi connectivity index (χ1v) is 9.97. The minimum atomic E-state index is -0.577. The van der Waals surface area contributed by atoms with E-state index in [-0.39, 0.29) is 12.5 Å². The third-order valence-electron chi connectivity index (χ3n) is 4.52. The molecule has 0 unspecified atom stereocenters. The van der Waals surface area contributed by atoms with Crippen LogP contribution in [-0.4, -0.2) is 36.6 Å². The highest BCUT2D eigenvalue weighted by Crippen LogP contribution is 2.26. The number of hydrogen-bond donors (Lipinski definition) is 3. The monoisotopic (exact) mass is 364 g/mol. The van der Waals surface area contributed by atoms with Gasteiger partial charge in [0.25, 0.3) is 0 Å². The molecule has 1 aliphatic carbocycles. The largest absolute Gasteiger partial charge is 0.396 e. The second kappa shape index (κ2) is 11.1. The zero-order chi connectivity index (χ0) is 17.9. The van der Waals surface area contributed by atoms with Gasteiger partial charge in [0.2, 0.25) is 0 Å². The maximum atomic E-state index is 11.9.